The van der Waals surface area contributed by atoms with Gasteiger partial charge < -0.3 is 9.72 Å². The molecule has 0 spiro atoms. The summed E-state index contributed by atoms with van der Waals surface area (Å²) >= 11 is 0. The van der Waals surface area contributed by atoms with Crippen molar-refractivity contribution in [2.45, 2.75) is 6.54 Å². The number of Topliss-reactive ketones (excluding diaryl/α,β-unsaturated/α-hetero) is 1. The average molecular weight is 315 g/mol. The third kappa shape index (κ3) is 2.89. The van der Waals surface area contributed by atoms with Gasteiger partial charge in [0.2, 0.25) is 5.78 Å². The highest BCUT2D eigenvalue weighted by molar-refractivity contribution is 5.96. The van der Waals surface area contributed by atoms with Gasteiger partial charge in [0.15, 0.2) is 12.3 Å². The SMILES string of the molecule is Cn1ncc2c(=O)n(CC(=O)OCC(=O)c3ccc[nH]3)cnc21. The van der Waals surface area contributed by atoms with Crippen LogP contribution in [0, 0.1) is 0 Å². The summed E-state index contributed by atoms with van der Waals surface area (Å²) in [4.78, 5) is 42.5. The molecule has 3 aromatic heterocycles. The van der Waals surface area contributed by atoms with Crippen molar-refractivity contribution in [3.63, 3.8) is 0 Å². The monoisotopic (exact) mass is 315 g/mol. The molecule has 0 amide bonds. The molecule has 0 radical (unpaired) electrons. The van der Waals surface area contributed by atoms with Gasteiger partial charge in [0.05, 0.1) is 11.9 Å². The zero-order valence-corrected chi connectivity index (χ0v) is 12.2. The lowest BCUT2D eigenvalue weighted by Gasteiger charge is -2.06. The predicted octanol–water partition coefficient (Wildman–Crippen LogP) is -0.116. The van der Waals surface area contributed by atoms with E-state index in [1.54, 1.807) is 25.4 Å². The van der Waals surface area contributed by atoms with E-state index in [1.807, 2.05) is 0 Å². The van der Waals surface area contributed by atoms with Crippen LogP contribution in [0.4, 0.5) is 0 Å². The second-order valence-corrected chi connectivity index (χ2v) is 4.85. The molecule has 0 saturated heterocycles. The highest BCUT2D eigenvalue weighted by atomic mass is 16.5. The zero-order chi connectivity index (χ0) is 16.4. The summed E-state index contributed by atoms with van der Waals surface area (Å²) in [6.45, 7) is -0.717. The smallest absolute Gasteiger partial charge is 0.326 e. The van der Waals surface area contributed by atoms with Crippen LogP contribution >= 0.6 is 0 Å². The van der Waals surface area contributed by atoms with Crippen molar-refractivity contribution < 1.29 is 14.3 Å². The van der Waals surface area contributed by atoms with Gasteiger partial charge in [-0.05, 0) is 12.1 Å². The molecule has 1 N–H and O–H groups in total. The van der Waals surface area contributed by atoms with Gasteiger partial charge in [-0.1, -0.05) is 0 Å². The van der Waals surface area contributed by atoms with Gasteiger partial charge in [-0.25, -0.2) is 4.98 Å². The summed E-state index contributed by atoms with van der Waals surface area (Å²) in [5, 5.41) is 4.25. The van der Waals surface area contributed by atoms with E-state index in [1.165, 1.54) is 17.2 Å². The van der Waals surface area contributed by atoms with Crippen LogP contribution in [0.2, 0.25) is 0 Å². The molecule has 0 unspecified atom stereocenters. The van der Waals surface area contributed by atoms with E-state index >= 15 is 0 Å². The van der Waals surface area contributed by atoms with Gasteiger partial charge in [-0.3, -0.25) is 23.6 Å². The topological polar surface area (TPSA) is 112 Å². The van der Waals surface area contributed by atoms with E-state index in [-0.39, 0.29) is 12.3 Å². The third-order valence-corrected chi connectivity index (χ3v) is 3.28. The van der Waals surface area contributed by atoms with Crippen LogP contribution in [0.1, 0.15) is 10.5 Å². The highest BCUT2D eigenvalue weighted by Crippen LogP contribution is 2.03. The number of carbonyl (C=O) groups is 2. The van der Waals surface area contributed by atoms with E-state index < -0.39 is 18.1 Å². The molecule has 0 saturated carbocycles. The van der Waals surface area contributed by atoms with E-state index in [2.05, 4.69) is 15.1 Å². The van der Waals surface area contributed by atoms with Gasteiger partial charge in [0.1, 0.15) is 18.3 Å². The molecule has 0 aliphatic carbocycles. The largest absolute Gasteiger partial charge is 0.456 e. The Balaban J connectivity index is 1.67. The fourth-order valence-corrected chi connectivity index (χ4v) is 2.09. The number of fused-ring (bicyclic) bond motifs is 1. The van der Waals surface area contributed by atoms with Crippen molar-refractivity contribution in [3.05, 3.63) is 46.9 Å². The van der Waals surface area contributed by atoms with Crippen LogP contribution in [-0.2, 0) is 23.1 Å². The molecule has 3 rings (SSSR count). The van der Waals surface area contributed by atoms with E-state index in [4.69, 9.17) is 4.74 Å². The molecule has 0 aliphatic heterocycles. The maximum Gasteiger partial charge on any atom is 0.326 e. The fourth-order valence-electron chi connectivity index (χ4n) is 2.09. The molecular formula is C14H13N5O4. The Morgan fingerprint density at radius 1 is 1.39 bits per heavy atom. The molecule has 0 atom stereocenters. The molecule has 3 heterocycles. The van der Waals surface area contributed by atoms with Crippen molar-refractivity contribution >= 4 is 22.8 Å². The van der Waals surface area contributed by atoms with Gasteiger partial charge >= 0.3 is 5.97 Å². The molecule has 0 bridgehead atoms. The molecule has 0 fully saturated rings. The van der Waals surface area contributed by atoms with E-state index in [0.29, 0.717) is 16.7 Å². The van der Waals surface area contributed by atoms with Gasteiger partial charge in [0.25, 0.3) is 5.56 Å². The molecular weight excluding hydrogens is 302 g/mol. The highest BCUT2D eigenvalue weighted by Gasteiger charge is 2.13. The minimum Gasteiger partial charge on any atom is -0.456 e. The molecule has 0 aromatic carbocycles. The first-order chi connectivity index (χ1) is 11.1. The van der Waals surface area contributed by atoms with Crippen LogP contribution in [0.5, 0.6) is 0 Å². The lowest BCUT2D eigenvalue weighted by atomic mass is 10.3. The number of aromatic amines is 1. The second-order valence-electron chi connectivity index (χ2n) is 4.85. The van der Waals surface area contributed by atoms with Crippen molar-refractivity contribution in [2.75, 3.05) is 6.61 Å². The number of hydrogen-bond donors (Lipinski definition) is 1. The fraction of sp³-hybridized carbons (Fsp3) is 0.214. The normalized spacial score (nSPS) is 10.8. The summed E-state index contributed by atoms with van der Waals surface area (Å²) < 4.78 is 7.47. The maximum atomic E-state index is 12.2. The Morgan fingerprint density at radius 2 is 2.22 bits per heavy atom. The van der Waals surface area contributed by atoms with Crippen molar-refractivity contribution in [1.29, 1.82) is 0 Å². The first-order valence-corrected chi connectivity index (χ1v) is 6.75. The number of aromatic nitrogens is 5. The zero-order valence-electron chi connectivity index (χ0n) is 12.2. The average Bonchev–Trinajstić information content (AvgIpc) is 3.18. The number of nitrogens with one attached hydrogen (secondary N) is 1. The van der Waals surface area contributed by atoms with Crippen LogP contribution in [0.15, 0.2) is 35.6 Å². The first kappa shape index (κ1) is 14.7. The Morgan fingerprint density at radius 3 is 2.96 bits per heavy atom. The minimum absolute atomic E-state index is 0.310. The van der Waals surface area contributed by atoms with Gasteiger partial charge in [-0.15, -0.1) is 0 Å². The Kier molecular flexibility index (Phi) is 3.75. The number of aryl methyl sites for hydroxylation is 1. The molecule has 3 aromatic rings. The molecule has 9 nitrogen and oxygen atoms in total. The molecule has 9 heteroatoms. The van der Waals surface area contributed by atoms with Crippen molar-refractivity contribution in [2.24, 2.45) is 7.05 Å². The number of nitrogens with zero attached hydrogens (tertiary/aromatic N) is 4. The predicted molar refractivity (Wildman–Crippen MR) is 78.9 cm³/mol. The number of ether oxygens (including phenoxy) is 1. The standard InChI is InChI=1S/C14H13N5O4/c1-18-13-9(5-17-18)14(22)19(8-16-13)6-12(21)23-7-11(20)10-3-2-4-15-10/h2-5,8,15H,6-7H2,1H3. The third-order valence-electron chi connectivity index (χ3n) is 3.28. The maximum absolute atomic E-state index is 12.2. The number of H-pyrrole nitrogens is 1. The van der Waals surface area contributed by atoms with Crippen LogP contribution in [0.3, 0.4) is 0 Å². The number of ketones is 1. The lowest BCUT2D eigenvalue weighted by Crippen LogP contribution is -2.26. The summed E-state index contributed by atoms with van der Waals surface area (Å²) in [6.07, 6.45) is 4.24. The summed E-state index contributed by atoms with van der Waals surface area (Å²) in [6, 6.07) is 3.25. The number of rotatable bonds is 5. The molecule has 23 heavy (non-hydrogen) atoms. The van der Waals surface area contributed by atoms with Crippen LogP contribution < -0.4 is 5.56 Å². The van der Waals surface area contributed by atoms with E-state index in [9.17, 15) is 14.4 Å². The minimum atomic E-state index is -0.697. The Hall–Kier alpha value is -3.23. The van der Waals surface area contributed by atoms with Crippen LogP contribution in [0.25, 0.3) is 11.0 Å². The van der Waals surface area contributed by atoms with Gasteiger partial charge in [0, 0.05) is 13.2 Å². The number of carbonyl (C=O) groups excluding carboxylic acids is 2. The summed E-state index contributed by atoms with van der Waals surface area (Å²) in [5.74, 6) is -1.05. The van der Waals surface area contributed by atoms with E-state index in [0.717, 1.165) is 4.57 Å². The summed E-state index contributed by atoms with van der Waals surface area (Å²) in [5.41, 5.74) is 0.394. The quantitative estimate of drug-likeness (QED) is 0.519. The van der Waals surface area contributed by atoms with Crippen molar-refractivity contribution in [1.82, 2.24) is 24.3 Å². The second kappa shape index (κ2) is 5.87. The molecule has 0 aliphatic rings. The Bertz CT molecular complexity index is 922. The summed E-state index contributed by atoms with van der Waals surface area (Å²) in [7, 11) is 1.67. The van der Waals surface area contributed by atoms with Crippen LogP contribution in [-0.4, -0.2) is 42.7 Å². The lowest BCUT2D eigenvalue weighted by molar-refractivity contribution is -0.143. The van der Waals surface area contributed by atoms with Gasteiger partial charge in [-0.2, -0.15) is 5.10 Å². The number of hydrogen-bond acceptors (Lipinski definition) is 6. The molecule has 118 valence electrons. The first-order valence-electron chi connectivity index (χ1n) is 6.75. The number of esters is 1. The Labute approximate surface area is 129 Å². The van der Waals surface area contributed by atoms with Crippen molar-refractivity contribution in [3.8, 4) is 0 Å².